The molecule has 146 valence electrons. The largest absolute Gasteiger partial charge is 0.465 e. The second-order valence-electron chi connectivity index (χ2n) is 6.99. The number of hydrogen-bond acceptors (Lipinski definition) is 5. The predicted molar refractivity (Wildman–Crippen MR) is 114 cm³/mol. The quantitative estimate of drug-likeness (QED) is 0.583. The number of fused-ring (bicyclic) bond motifs is 1. The Labute approximate surface area is 169 Å². The van der Waals surface area contributed by atoms with Crippen molar-refractivity contribution in [1.29, 1.82) is 0 Å². The van der Waals surface area contributed by atoms with Crippen molar-refractivity contribution in [2.75, 3.05) is 17.7 Å². The summed E-state index contributed by atoms with van der Waals surface area (Å²) in [4.78, 5) is 13.7. The van der Waals surface area contributed by atoms with Gasteiger partial charge >= 0.3 is 5.97 Å². The fourth-order valence-corrected chi connectivity index (χ4v) is 5.26. The van der Waals surface area contributed by atoms with Crippen LogP contribution in [0, 0.1) is 19.8 Å². The Hall–Kier alpha value is -1.93. The van der Waals surface area contributed by atoms with Gasteiger partial charge in [-0.3, -0.25) is 4.68 Å². The van der Waals surface area contributed by atoms with Gasteiger partial charge in [-0.15, -0.1) is 11.3 Å². The monoisotopic (exact) mass is 406 g/mol. The van der Waals surface area contributed by atoms with E-state index in [9.17, 15) is 4.79 Å². The smallest absolute Gasteiger partial charge is 0.341 e. The van der Waals surface area contributed by atoms with Crippen molar-refractivity contribution >= 4 is 45.3 Å². The molecule has 2 aromatic rings. The standard InChI is InChI=1S/C19H26N4O2S2/c1-6-23-12(4)16(11(3)22-23)20-19(26)21-17-15(18(24)25-5)13-8-7-10(2)9-14(13)27-17/h10H,6-9H2,1-5H3,(H2,20,21,26). The molecule has 27 heavy (non-hydrogen) atoms. The highest BCUT2D eigenvalue weighted by molar-refractivity contribution is 7.80. The first-order chi connectivity index (χ1) is 12.8. The zero-order valence-corrected chi connectivity index (χ0v) is 18.1. The highest BCUT2D eigenvalue weighted by Gasteiger charge is 2.28. The number of methoxy groups -OCH3 is 1. The van der Waals surface area contributed by atoms with Crippen LogP contribution < -0.4 is 10.6 Å². The molecule has 0 saturated carbocycles. The summed E-state index contributed by atoms with van der Waals surface area (Å²) in [5, 5.41) is 12.2. The summed E-state index contributed by atoms with van der Waals surface area (Å²) in [7, 11) is 1.42. The zero-order valence-electron chi connectivity index (χ0n) is 16.4. The predicted octanol–water partition coefficient (Wildman–Crippen LogP) is 4.30. The van der Waals surface area contributed by atoms with Gasteiger partial charge in [0.15, 0.2) is 5.11 Å². The average Bonchev–Trinajstić information content (AvgIpc) is 3.11. The number of aromatic nitrogens is 2. The summed E-state index contributed by atoms with van der Waals surface area (Å²) >= 11 is 7.13. The number of carbonyl (C=O) groups is 1. The lowest BCUT2D eigenvalue weighted by Gasteiger charge is -2.18. The van der Waals surface area contributed by atoms with Gasteiger partial charge in [-0.05, 0) is 63.7 Å². The van der Waals surface area contributed by atoms with Crippen molar-refractivity contribution in [3.63, 3.8) is 0 Å². The van der Waals surface area contributed by atoms with Crippen LogP contribution in [0.3, 0.4) is 0 Å². The Bertz CT molecular complexity index is 885. The van der Waals surface area contributed by atoms with Crippen molar-refractivity contribution in [3.8, 4) is 0 Å². The minimum Gasteiger partial charge on any atom is -0.465 e. The van der Waals surface area contributed by atoms with E-state index in [1.807, 2.05) is 18.5 Å². The molecule has 3 rings (SSSR count). The van der Waals surface area contributed by atoms with E-state index in [4.69, 9.17) is 17.0 Å². The third-order valence-corrected chi connectivity index (χ3v) is 6.42. The fraction of sp³-hybridized carbons (Fsp3) is 0.526. The van der Waals surface area contributed by atoms with Gasteiger partial charge in [-0.25, -0.2) is 4.79 Å². The molecule has 0 radical (unpaired) electrons. The van der Waals surface area contributed by atoms with E-state index in [1.54, 1.807) is 11.3 Å². The molecule has 2 N–H and O–H groups in total. The van der Waals surface area contributed by atoms with Gasteiger partial charge in [0.2, 0.25) is 0 Å². The maximum atomic E-state index is 12.4. The van der Waals surface area contributed by atoms with Crippen LogP contribution >= 0.6 is 23.6 Å². The number of anilines is 2. The first kappa shape index (κ1) is 19.8. The normalized spacial score (nSPS) is 16.0. The molecule has 0 fully saturated rings. The molecule has 0 amide bonds. The van der Waals surface area contributed by atoms with Gasteiger partial charge in [0.05, 0.1) is 29.7 Å². The molecule has 8 heteroatoms. The van der Waals surface area contributed by atoms with Crippen molar-refractivity contribution in [1.82, 2.24) is 9.78 Å². The minimum absolute atomic E-state index is 0.307. The van der Waals surface area contributed by atoms with Gasteiger partial charge in [0.25, 0.3) is 0 Å². The van der Waals surface area contributed by atoms with E-state index in [0.717, 1.165) is 53.4 Å². The molecule has 2 aromatic heterocycles. The number of esters is 1. The molecular weight excluding hydrogens is 380 g/mol. The van der Waals surface area contributed by atoms with Crippen LogP contribution in [-0.2, 0) is 24.1 Å². The first-order valence-corrected chi connectivity index (χ1v) is 10.4. The Morgan fingerprint density at radius 2 is 2.15 bits per heavy atom. The number of rotatable bonds is 4. The van der Waals surface area contributed by atoms with Crippen LogP contribution in [0.15, 0.2) is 0 Å². The first-order valence-electron chi connectivity index (χ1n) is 9.20. The van der Waals surface area contributed by atoms with Crippen molar-refractivity contribution in [3.05, 3.63) is 27.4 Å². The fourth-order valence-electron chi connectivity index (χ4n) is 3.59. The van der Waals surface area contributed by atoms with E-state index in [-0.39, 0.29) is 5.97 Å². The van der Waals surface area contributed by atoms with E-state index in [2.05, 4.69) is 29.6 Å². The molecule has 0 spiro atoms. The lowest BCUT2D eigenvalue weighted by Crippen LogP contribution is -2.21. The summed E-state index contributed by atoms with van der Waals surface area (Å²) in [6, 6.07) is 0. The number of nitrogens with zero attached hydrogens (tertiary/aromatic N) is 2. The van der Waals surface area contributed by atoms with Crippen LogP contribution in [0.5, 0.6) is 0 Å². The van der Waals surface area contributed by atoms with Crippen molar-refractivity contribution < 1.29 is 9.53 Å². The minimum atomic E-state index is -0.307. The molecule has 1 aliphatic carbocycles. The molecule has 2 heterocycles. The van der Waals surface area contributed by atoms with Gasteiger partial charge in [-0.1, -0.05) is 6.92 Å². The molecule has 0 bridgehead atoms. The zero-order chi connectivity index (χ0) is 19.7. The lowest BCUT2D eigenvalue weighted by molar-refractivity contribution is 0.0601. The second kappa shape index (κ2) is 7.98. The second-order valence-corrected chi connectivity index (χ2v) is 8.50. The summed E-state index contributed by atoms with van der Waals surface area (Å²) in [6.45, 7) is 9.07. The molecule has 0 aromatic carbocycles. The summed E-state index contributed by atoms with van der Waals surface area (Å²) in [5.74, 6) is 0.322. The van der Waals surface area contributed by atoms with Crippen LogP contribution in [0.2, 0.25) is 0 Å². The average molecular weight is 407 g/mol. The summed E-state index contributed by atoms with van der Waals surface area (Å²) in [6.07, 6.45) is 2.98. The Kier molecular flexibility index (Phi) is 5.86. The maximum Gasteiger partial charge on any atom is 0.341 e. The Balaban J connectivity index is 1.86. The van der Waals surface area contributed by atoms with E-state index < -0.39 is 0 Å². The summed E-state index contributed by atoms with van der Waals surface area (Å²) in [5.41, 5.74) is 4.58. The van der Waals surface area contributed by atoms with E-state index >= 15 is 0 Å². The number of nitrogens with one attached hydrogen (secondary N) is 2. The number of ether oxygens (including phenoxy) is 1. The molecule has 1 aliphatic rings. The number of hydrogen-bond donors (Lipinski definition) is 2. The van der Waals surface area contributed by atoms with Gasteiger partial charge in [0.1, 0.15) is 5.00 Å². The van der Waals surface area contributed by atoms with Gasteiger partial charge in [-0.2, -0.15) is 5.10 Å². The number of thiophene rings is 1. The van der Waals surface area contributed by atoms with E-state index in [0.29, 0.717) is 16.6 Å². The van der Waals surface area contributed by atoms with Crippen LogP contribution in [0.4, 0.5) is 10.7 Å². The van der Waals surface area contributed by atoms with Gasteiger partial charge < -0.3 is 15.4 Å². The highest BCUT2D eigenvalue weighted by atomic mass is 32.1. The number of carbonyl (C=O) groups excluding carboxylic acids is 1. The summed E-state index contributed by atoms with van der Waals surface area (Å²) < 4.78 is 6.97. The highest BCUT2D eigenvalue weighted by Crippen LogP contribution is 2.40. The Morgan fingerprint density at radius 1 is 1.41 bits per heavy atom. The lowest BCUT2D eigenvalue weighted by atomic mass is 9.88. The third-order valence-electron chi connectivity index (χ3n) is 5.05. The Morgan fingerprint density at radius 3 is 2.78 bits per heavy atom. The van der Waals surface area contributed by atoms with Gasteiger partial charge in [0, 0.05) is 11.4 Å². The third kappa shape index (κ3) is 3.87. The van der Waals surface area contributed by atoms with Crippen LogP contribution in [-0.4, -0.2) is 28.0 Å². The van der Waals surface area contributed by atoms with Crippen LogP contribution in [0.25, 0.3) is 0 Å². The van der Waals surface area contributed by atoms with Crippen molar-refractivity contribution in [2.24, 2.45) is 5.92 Å². The topological polar surface area (TPSA) is 68.2 Å². The molecule has 6 nitrogen and oxygen atoms in total. The molecule has 1 atom stereocenters. The molecular formula is C19H26N4O2S2. The van der Waals surface area contributed by atoms with Crippen molar-refractivity contribution in [2.45, 2.75) is 53.5 Å². The number of aryl methyl sites for hydroxylation is 2. The molecule has 0 aliphatic heterocycles. The number of thiocarbonyl (C=S) groups is 1. The SMILES string of the molecule is CCn1nc(C)c(NC(=S)Nc2sc3c(c2C(=O)OC)CCC(C)C3)c1C. The van der Waals surface area contributed by atoms with E-state index in [1.165, 1.54) is 12.0 Å². The van der Waals surface area contributed by atoms with Crippen LogP contribution in [0.1, 0.15) is 52.5 Å². The molecule has 0 saturated heterocycles. The molecule has 1 unspecified atom stereocenters. The maximum absolute atomic E-state index is 12.4.